The van der Waals surface area contributed by atoms with E-state index in [9.17, 15) is 18.3 Å². The van der Waals surface area contributed by atoms with Gasteiger partial charge in [-0.2, -0.15) is 0 Å². The van der Waals surface area contributed by atoms with Crippen LogP contribution in [0.2, 0.25) is 0 Å². The Hall–Kier alpha value is -4.22. The summed E-state index contributed by atoms with van der Waals surface area (Å²) < 4.78 is 66.1. The number of amides is 1. The molecule has 0 aliphatic carbocycles. The molecule has 7 nitrogen and oxygen atoms in total. The highest BCUT2D eigenvalue weighted by molar-refractivity contribution is 9.10. The molecule has 2 heterocycles. The molecule has 0 spiro atoms. The van der Waals surface area contributed by atoms with Gasteiger partial charge in [-0.15, -0.1) is 0 Å². The molecule has 1 atom stereocenters. The van der Waals surface area contributed by atoms with Crippen molar-refractivity contribution in [3.05, 3.63) is 128 Å². The van der Waals surface area contributed by atoms with Crippen molar-refractivity contribution in [3.8, 4) is 11.5 Å². The number of allylic oxidation sites excluding steroid dienone is 1. The molecule has 0 radical (unpaired) electrons. The van der Waals surface area contributed by atoms with Crippen molar-refractivity contribution < 1.29 is 31.8 Å². The quantitative estimate of drug-likeness (QED) is 0.206. The Balaban J connectivity index is 1.58. The van der Waals surface area contributed by atoms with Crippen molar-refractivity contribution in [2.45, 2.75) is 32.9 Å². The van der Waals surface area contributed by atoms with E-state index in [0.29, 0.717) is 4.47 Å². The van der Waals surface area contributed by atoms with Crippen molar-refractivity contribution in [1.82, 2.24) is 0 Å². The van der Waals surface area contributed by atoms with E-state index in [1.165, 1.54) is 42.5 Å². The topological polar surface area (TPSA) is 95.9 Å². The van der Waals surface area contributed by atoms with Crippen LogP contribution >= 0.6 is 15.9 Å². The predicted octanol–water partition coefficient (Wildman–Crippen LogP) is 7.88. The van der Waals surface area contributed by atoms with E-state index in [0.717, 1.165) is 22.6 Å². The number of phenolic OH excluding ortho intramolecular Hbond substituents is 1. The number of carbonyl (C=O) groups is 1. The fourth-order valence-corrected chi connectivity index (χ4v) is 8.68. The molecule has 2 aliphatic rings. The Morgan fingerprint density at radius 2 is 1.78 bits per heavy atom. The third kappa shape index (κ3) is 5.94. The number of para-hydroxylation sites is 1. The van der Waals surface area contributed by atoms with Crippen LogP contribution in [0.3, 0.4) is 0 Å². The third-order valence-corrected chi connectivity index (χ3v) is 10.6. The summed E-state index contributed by atoms with van der Waals surface area (Å²) >= 11 is 3.28. The number of nitrogens with zero attached hydrogens (tertiary/aromatic N) is 1. The van der Waals surface area contributed by atoms with Crippen molar-refractivity contribution in [2.24, 2.45) is 5.41 Å². The van der Waals surface area contributed by atoms with Gasteiger partial charge in [0.15, 0.2) is 9.84 Å². The number of anilines is 2. The van der Waals surface area contributed by atoms with Crippen LogP contribution in [0.25, 0.3) is 0 Å². The number of fused-ring (bicyclic) bond motifs is 1. The summed E-state index contributed by atoms with van der Waals surface area (Å²) in [7, 11) is -4.14. The van der Waals surface area contributed by atoms with Gasteiger partial charge in [0.05, 0.1) is 21.9 Å². The monoisotopic (exact) mass is 694 g/mol. The lowest BCUT2D eigenvalue weighted by Crippen LogP contribution is -2.41. The molecule has 0 fully saturated rings. The summed E-state index contributed by atoms with van der Waals surface area (Å²) in [5.41, 5.74) is -0.0464. The summed E-state index contributed by atoms with van der Waals surface area (Å²) in [6.45, 7) is 3.76. The molecule has 1 unspecified atom stereocenters. The van der Waals surface area contributed by atoms with Crippen LogP contribution in [0.15, 0.2) is 100 Å². The average Bonchev–Trinajstić information content (AvgIpc) is 3.12. The van der Waals surface area contributed by atoms with E-state index in [1.807, 2.05) is 30.3 Å². The molecule has 4 aromatic carbocycles. The highest BCUT2D eigenvalue weighted by atomic mass is 79.9. The van der Waals surface area contributed by atoms with Crippen molar-refractivity contribution >= 4 is 43.0 Å². The lowest BCUT2D eigenvalue weighted by atomic mass is 9.88. The summed E-state index contributed by atoms with van der Waals surface area (Å²) in [6.07, 6.45) is 0.221. The first-order valence-electron chi connectivity index (χ1n) is 14.1. The molecule has 0 aromatic heterocycles. The van der Waals surface area contributed by atoms with Crippen LogP contribution in [-0.4, -0.2) is 25.2 Å². The maximum atomic E-state index is 16.3. The molecule has 11 heteroatoms. The van der Waals surface area contributed by atoms with E-state index >= 15 is 8.78 Å². The number of nitrogens with one attached hydrogen (secondary N) is 1. The molecule has 4 aromatic rings. The zero-order valence-corrected chi connectivity index (χ0v) is 26.8. The number of halogens is 3. The van der Waals surface area contributed by atoms with E-state index in [-0.39, 0.29) is 63.4 Å². The molecule has 2 N–H and O–H groups in total. The first-order valence-corrected chi connectivity index (χ1v) is 16.6. The van der Waals surface area contributed by atoms with Crippen molar-refractivity contribution in [2.75, 3.05) is 16.0 Å². The van der Waals surface area contributed by atoms with Crippen LogP contribution in [0.5, 0.6) is 11.5 Å². The third-order valence-electron chi connectivity index (χ3n) is 7.82. The average molecular weight is 696 g/mol. The lowest BCUT2D eigenvalue weighted by molar-refractivity contribution is 0.0976. The number of hydrogen-bond acceptors (Lipinski definition) is 6. The second-order valence-corrected chi connectivity index (χ2v) is 14.8. The number of benzene rings is 4. The molecule has 232 valence electrons. The smallest absolute Gasteiger partial charge is 0.262 e. The zero-order valence-electron chi connectivity index (χ0n) is 24.4. The second kappa shape index (κ2) is 11.6. The van der Waals surface area contributed by atoms with Gasteiger partial charge in [0.2, 0.25) is 0 Å². The van der Waals surface area contributed by atoms with E-state index in [4.69, 9.17) is 4.74 Å². The van der Waals surface area contributed by atoms with Crippen molar-refractivity contribution in [1.29, 1.82) is 0 Å². The number of ether oxygens (including phenoxy) is 1. The van der Waals surface area contributed by atoms with Gasteiger partial charge in [-0.05, 0) is 59.9 Å². The molecule has 2 aliphatic heterocycles. The molecule has 0 saturated heterocycles. The number of rotatable bonds is 5. The van der Waals surface area contributed by atoms with Gasteiger partial charge in [0.25, 0.3) is 5.91 Å². The first-order chi connectivity index (χ1) is 21.3. The number of aromatic hydroxyl groups is 1. The highest BCUT2D eigenvalue weighted by Gasteiger charge is 2.48. The summed E-state index contributed by atoms with van der Waals surface area (Å²) in [5, 5.41) is 14.0. The maximum absolute atomic E-state index is 16.3. The van der Waals surface area contributed by atoms with Gasteiger partial charge in [0, 0.05) is 21.8 Å². The number of sulfone groups is 1. The van der Waals surface area contributed by atoms with Crippen LogP contribution in [0, 0.1) is 17.0 Å². The minimum absolute atomic E-state index is 0.0485. The summed E-state index contributed by atoms with van der Waals surface area (Å²) in [5.74, 6) is -2.94. The number of carbonyl (C=O) groups excluding carboxylic acids is 1. The molecule has 6 rings (SSSR count). The Morgan fingerprint density at radius 3 is 2.51 bits per heavy atom. The largest absolute Gasteiger partial charge is 0.506 e. The number of hydrogen-bond donors (Lipinski definition) is 2. The maximum Gasteiger partial charge on any atom is 0.262 e. The van der Waals surface area contributed by atoms with E-state index < -0.39 is 38.8 Å². The van der Waals surface area contributed by atoms with Gasteiger partial charge >= 0.3 is 0 Å². The van der Waals surface area contributed by atoms with E-state index in [1.54, 1.807) is 13.8 Å². The van der Waals surface area contributed by atoms with Crippen LogP contribution in [0.4, 0.5) is 20.2 Å². The van der Waals surface area contributed by atoms with Crippen LogP contribution < -0.4 is 15.0 Å². The Morgan fingerprint density at radius 1 is 1.02 bits per heavy atom. The molecule has 0 bridgehead atoms. The Labute approximate surface area is 268 Å². The highest BCUT2D eigenvalue weighted by Crippen LogP contribution is 2.52. The van der Waals surface area contributed by atoms with Gasteiger partial charge in [0.1, 0.15) is 41.5 Å². The Bertz CT molecular complexity index is 1960. The van der Waals surface area contributed by atoms with Crippen molar-refractivity contribution in [3.63, 3.8) is 0 Å². The minimum Gasteiger partial charge on any atom is -0.506 e. The molecular formula is C34H29BrF2N2O5S. The molecule has 0 saturated carbocycles. The summed E-state index contributed by atoms with van der Waals surface area (Å²) in [4.78, 5) is 15.3. The van der Waals surface area contributed by atoms with E-state index in [2.05, 4.69) is 21.2 Å². The zero-order chi connectivity index (χ0) is 32.1. The van der Waals surface area contributed by atoms with Gasteiger partial charge in [-0.1, -0.05) is 66.2 Å². The molecule has 1 amide bonds. The SMILES string of the molecule is CC1(C)CC2=C(C(c3ccc(OCc4ccccc4)cc3F)N(C(=O)c3cc(Br)ccc3F)c3cccc(O)c3N2)S(=O)(=O)C1. The van der Waals surface area contributed by atoms with Gasteiger partial charge in [-0.25, -0.2) is 17.2 Å². The van der Waals surface area contributed by atoms with Crippen LogP contribution in [-0.2, 0) is 16.4 Å². The minimum atomic E-state index is -4.14. The fraction of sp³-hybridized carbons (Fsp3) is 0.206. The summed E-state index contributed by atoms with van der Waals surface area (Å²) in [6, 6.07) is 20.0. The first kappa shape index (κ1) is 30.8. The predicted molar refractivity (Wildman–Crippen MR) is 172 cm³/mol. The Kier molecular flexibility index (Phi) is 7.94. The van der Waals surface area contributed by atoms with Gasteiger partial charge in [-0.3, -0.25) is 9.69 Å². The van der Waals surface area contributed by atoms with Crippen LogP contribution in [0.1, 0.15) is 47.8 Å². The second-order valence-electron chi connectivity index (χ2n) is 11.9. The molecule has 45 heavy (non-hydrogen) atoms. The lowest BCUT2D eigenvalue weighted by Gasteiger charge is -2.37. The standard InChI is InChI=1S/C34H29BrF2N2O5S/c1-34(2)17-27-32(45(42,43)19-34)31(23-13-12-22(16-26(23)37)44-18-20-7-4-3-5-8-20)39(28-9-6-10-29(40)30(28)38-27)33(41)24-15-21(35)11-14-25(24)36/h3-16,31,38,40H,17-19H2,1-2H3. The number of phenols is 1. The van der Waals surface area contributed by atoms with Gasteiger partial charge < -0.3 is 15.2 Å². The molecular weight excluding hydrogens is 666 g/mol. The fourth-order valence-electron chi connectivity index (χ4n) is 5.96. The normalized spacial score (nSPS) is 18.3.